The van der Waals surface area contributed by atoms with Gasteiger partial charge in [0.25, 0.3) is 0 Å². The molecule has 1 saturated carbocycles. The number of carbonyl (C=O) groups is 1. The van der Waals surface area contributed by atoms with Crippen LogP contribution in [0, 0.1) is 5.92 Å². The van der Waals surface area contributed by atoms with Crippen LogP contribution in [0.3, 0.4) is 0 Å². The molecule has 18 heavy (non-hydrogen) atoms. The molecular weight excluding hydrogens is 226 g/mol. The highest BCUT2D eigenvalue weighted by Gasteiger charge is 2.31. The van der Waals surface area contributed by atoms with Crippen molar-refractivity contribution in [1.82, 2.24) is 10.2 Å². The Morgan fingerprint density at radius 2 is 2.06 bits per heavy atom. The SMILES string of the molecule is CCN(CC(=O)NC(C)(C)C)C1CCCC1CN. The summed E-state index contributed by atoms with van der Waals surface area (Å²) in [6.07, 6.45) is 3.63. The molecule has 1 fully saturated rings. The van der Waals surface area contributed by atoms with E-state index in [1.165, 1.54) is 19.3 Å². The Bertz CT molecular complexity index is 273. The molecule has 4 heteroatoms. The first kappa shape index (κ1) is 15.4. The number of likely N-dealkylation sites (N-methyl/N-ethyl adjacent to an activating group) is 1. The molecule has 0 heterocycles. The van der Waals surface area contributed by atoms with E-state index in [9.17, 15) is 4.79 Å². The van der Waals surface area contributed by atoms with E-state index in [1.807, 2.05) is 20.8 Å². The fourth-order valence-corrected chi connectivity index (χ4v) is 2.88. The van der Waals surface area contributed by atoms with Crippen LogP contribution in [0.15, 0.2) is 0 Å². The van der Waals surface area contributed by atoms with Crippen molar-refractivity contribution in [1.29, 1.82) is 0 Å². The lowest BCUT2D eigenvalue weighted by Crippen LogP contribution is -2.49. The minimum atomic E-state index is -0.153. The molecule has 2 atom stereocenters. The summed E-state index contributed by atoms with van der Waals surface area (Å²) in [7, 11) is 0. The second-order valence-electron chi connectivity index (χ2n) is 6.36. The number of amides is 1. The van der Waals surface area contributed by atoms with E-state index < -0.39 is 0 Å². The zero-order chi connectivity index (χ0) is 13.8. The zero-order valence-electron chi connectivity index (χ0n) is 12.3. The van der Waals surface area contributed by atoms with Crippen molar-refractivity contribution in [2.24, 2.45) is 11.7 Å². The smallest absolute Gasteiger partial charge is 0.234 e. The maximum absolute atomic E-state index is 12.0. The predicted octanol–water partition coefficient (Wildman–Crippen LogP) is 1.35. The molecule has 4 nitrogen and oxygen atoms in total. The van der Waals surface area contributed by atoms with Crippen molar-refractivity contribution in [3.8, 4) is 0 Å². The number of hydrogen-bond donors (Lipinski definition) is 2. The van der Waals surface area contributed by atoms with Crippen molar-refractivity contribution in [3.05, 3.63) is 0 Å². The molecule has 1 rings (SSSR count). The number of hydrogen-bond acceptors (Lipinski definition) is 3. The minimum Gasteiger partial charge on any atom is -0.350 e. The van der Waals surface area contributed by atoms with E-state index in [-0.39, 0.29) is 11.4 Å². The average Bonchev–Trinajstić information content (AvgIpc) is 2.71. The van der Waals surface area contributed by atoms with Crippen LogP contribution in [-0.4, -0.2) is 42.0 Å². The van der Waals surface area contributed by atoms with Crippen LogP contribution < -0.4 is 11.1 Å². The summed E-state index contributed by atoms with van der Waals surface area (Å²) in [6.45, 7) is 10.3. The van der Waals surface area contributed by atoms with E-state index in [0.717, 1.165) is 13.1 Å². The van der Waals surface area contributed by atoms with Gasteiger partial charge in [0.15, 0.2) is 0 Å². The predicted molar refractivity (Wildman–Crippen MR) is 75.3 cm³/mol. The van der Waals surface area contributed by atoms with E-state index in [4.69, 9.17) is 5.73 Å². The summed E-state index contributed by atoms with van der Waals surface area (Å²) in [5.74, 6) is 0.680. The Hall–Kier alpha value is -0.610. The number of rotatable bonds is 5. The van der Waals surface area contributed by atoms with Gasteiger partial charge in [-0.3, -0.25) is 9.69 Å². The van der Waals surface area contributed by atoms with Gasteiger partial charge in [-0.15, -0.1) is 0 Å². The topological polar surface area (TPSA) is 58.4 Å². The molecule has 1 aliphatic carbocycles. The largest absolute Gasteiger partial charge is 0.350 e. The molecule has 1 amide bonds. The summed E-state index contributed by atoms with van der Waals surface area (Å²) in [6, 6.07) is 0.491. The highest BCUT2D eigenvalue weighted by molar-refractivity contribution is 5.78. The van der Waals surface area contributed by atoms with Crippen LogP contribution in [0.5, 0.6) is 0 Å². The molecule has 0 aromatic heterocycles. The van der Waals surface area contributed by atoms with E-state index >= 15 is 0 Å². The number of carbonyl (C=O) groups excluding carboxylic acids is 1. The Labute approximate surface area is 111 Å². The molecule has 0 saturated heterocycles. The highest BCUT2D eigenvalue weighted by atomic mass is 16.2. The fraction of sp³-hybridized carbons (Fsp3) is 0.929. The van der Waals surface area contributed by atoms with Crippen LogP contribution in [0.1, 0.15) is 47.0 Å². The van der Waals surface area contributed by atoms with Gasteiger partial charge in [-0.1, -0.05) is 13.3 Å². The number of nitrogens with two attached hydrogens (primary N) is 1. The molecule has 0 aliphatic heterocycles. The standard InChI is InChI=1S/C14H29N3O/c1-5-17(10-13(18)16-14(2,3)4)12-8-6-7-11(12)9-15/h11-12H,5-10,15H2,1-4H3,(H,16,18). The van der Waals surface area contributed by atoms with Crippen molar-refractivity contribution < 1.29 is 4.79 Å². The van der Waals surface area contributed by atoms with Gasteiger partial charge in [0.2, 0.25) is 5.91 Å². The molecule has 2 unspecified atom stereocenters. The summed E-state index contributed by atoms with van der Waals surface area (Å²) < 4.78 is 0. The summed E-state index contributed by atoms with van der Waals surface area (Å²) in [5, 5.41) is 3.03. The lowest BCUT2D eigenvalue weighted by atomic mass is 10.0. The second kappa shape index (κ2) is 6.53. The maximum Gasteiger partial charge on any atom is 0.234 e. The van der Waals surface area contributed by atoms with Gasteiger partial charge in [-0.25, -0.2) is 0 Å². The van der Waals surface area contributed by atoms with Gasteiger partial charge in [-0.05, 0) is 52.6 Å². The van der Waals surface area contributed by atoms with Gasteiger partial charge in [-0.2, -0.15) is 0 Å². The molecule has 0 bridgehead atoms. The summed E-state index contributed by atoms with van der Waals surface area (Å²) in [5.41, 5.74) is 5.67. The summed E-state index contributed by atoms with van der Waals surface area (Å²) in [4.78, 5) is 14.3. The first-order valence-corrected chi connectivity index (χ1v) is 7.12. The first-order valence-electron chi connectivity index (χ1n) is 7.12. The molecule has 0 spiro atoms. The molecule has 0 radical (unpaired) electrons. The monoisotopic (exact) mass is 255 g/mol. The van der Waals surface area contributed by atoms with Crippen molar-refractivity contribution >= 4 is 5.91 Å². The lowest BCUT2D eigenvalue weighted by molar-refractivity contribution is -0.124. The van der Waals surface area contributed by atoms with Crippen molar-refractivity contribution in [2.45, 2.75) is 58.5 Å². The van der Waals surface area contributed by atoms with Gasteiger partial charge in [0.1, 0.15) is 0 Å². The molecular formula is C14H29N3O. The van der Waals surface area contributed by atoms with Crippen LogP contribution in [0.2, 0.25) is 0 Å². The third-order valence-corrected chi connectivity index (χ3v) is 3.66. The molecule has 0 aromatic carbocycles. The molecule has 3 N–H and O–H groups in total. The molecule has 106 valence electrons. The third kappa shape index (κ3) is 4.58. The van der Waals surface area contributed by atoms with Crippen LogP contribution in [-0.2, 0) is 4.79 Å². The zero-order valence-corrected chi connectivity index (χ0v) is 12.3. The minimum absolute atomic E-state index is 0.118. The normalized spacial score (nSPS) is 24.6. The Morgan fingerprint density at radius 1 is 1.39 bits per heavy atom. The van der Waals surface area contributed by atoms with E-state index in [1.54, 1.807) is 0 Å². The Balaban J connectivity index is 2.53. The van der Waals surface area contributed by atoms with E-state index in [2.05, 4.69) is 17.1 Å². The first-order chi connectivity index (χ1) is 8.37. The Kier molecular flexibility index (Phi) is 5.60. The molecule has 0 aromatic rings. The van der Waals surface area contributed by atoms with Crippen LogP contribution >= 0.6 is 0 Å². The quantitative estimate of drug-likeness (QED) is 0.779. The highest BCUT2D eigenvalue weighted by Crippen LogP contribution is 2.28. The number of nitrogens with one attached hydrogen (secondary N) is 1. The number of nitrogens with zero attached hydrogens (tertiary/aromatic N) is 1. The van der Waals surface area contributed by atoms with Gasteiger partial charge < -0.3 is 11.1 Å². The van der Waals surface area contributed by atoms with Crippen molar-refractivity contribution in [3.63, 3.8) is 0 Å². The Morgan fingerprint density at radius 3 is 2.56 bits per heavy atom. The van der Waals surface area contributed by atoms with Gasteiger partial charge in [0.05, 0.1) is 6.54 Å². The maximum atomic E-state index is 12.0. The van der Waals surface area contributed by atoms with Crippen LogP contribution in [0.25, 0.3) is 0 Å². The lowest BCUT2D eigenvalue weighted by Gasteiger charge is -2.32. The fourth-order valence-electron chi connectivity index (χ4n) is 2.88. The van der Waals surface area contributed by atoms with Crippen LogP contribution in [0.4, 0.5) is 0 Å². The molecule has 1 aliphatic rings. The van der Waals surface area contributed by atoms with Crippen molar-refractivity contribution in [2.75, 3.05) is 19.6 Å². The van der Waals surface area contributed by atoms with Gasteiger partial charge >= 0.3 is 0 Å². The van der Waals surface area contributed by atoms with Gasteiger partial charge in [0, 0.05) is 11.6 Å². The summed E-state index contributed by atoms with van der Waals surface area (Å²) >= 11 is 0. The average molecular weight is 255 g/mol. The van der Waals surface area contributed by atoms with E-state index in [0.29, 0.717) is 18.5 Å². The second-order valence-corrected chi connectivity index (χ2v) is 6.36. The third-order valence-electron chi connectivity index (χ3n) is 3.66.